The summed E-state index contributed by atoms with van der Waals surface area (Å²) in [5.41, 5.74) is 6.54. The summed E-state index contributed by atoms with van der Waals surface area (Å²) in [6, 6.07) is 3.23. The molecule has 5 rings (SSSR count). The first-order valence-electron chi connectivity index (χ1n) is 10.4. The van der Waals surface area contributed by atoms with Gasteiger partial charge in [0.1, 0.15) is 21.6 Å². The summed E-state index contributed by atoms with van der Waals surface area (Å²) in [5, 5.41) is 3.10. The fourth-order valence-corrected chi connectivity index (χ4v) is 7.07. The van der Waals surface area contributed by atoms with Crippen LogP contribution in [-0.4, -0.2) is 52.5 Å². The Morgan fingerprint density at radius 2 is 2.00 bits per heavy atom. The first-order valence-corrected chi connectivity index (χ1v) is 12.1. The van der Waals surface area contributed by atoms with E-state index in [2.05, 4.69) is 30.2 Å². The zero-order valence-electron chi connectivity index (χ0n) is 18.1. The van der Waals surface area contributed by atoms with Crippen molar-refractivity contribution in [1.82, 2.24) is 19.9 Å². The van der Waals surface area contributed by atoms with Crippen molar-refractivity contribution in [3.05, 3.63) is 42.2 Å². The van der Waals surface area contributed by atoms with Gasteiger partial charge in [0.2, 0.25) is 11.8 Å². The van der Waals surface area contributed by atoms with Gasteiger partial charge in [-0.25, -0.2) is 19.9 Å². The zero-order valence-corrected chi connectivity index (χ0v) is 18.9. The van der Waals surface area contributed by atoms with E-state index in [-0.39, 0.29) is 17.2 Å². The van der Waals surface area contributed by atoms with Gasteiger partial charge in [0.05, 0.1) is 36.5 Å². The standard InChI is InChI=1S/C21H24FN7O3S/c1-20(11-33(30,31)21(5-3-6-21)19(23)29-20)13-8-12(9-26-17(13)22)27-18-16-14(4-7-24-18)28-15(32-2)10-25-16/h4,7-10,30-31H,3,5-6,11H2,1-2H3,(H2,23,29)(H,24,27)/t20-/m0/s1. The molecule has 0 bridgehead atoms. The van der Waals surface area contributed by atoms with Crippen molar-refractivity contribution in [3.8, 4) is 5.88 Å². The highest BCUT2D eigenvalue weighted by molar-refractivity contribution is 8.26. The van der Waals surface area contributed by atoms with Crippen LogP contribution in [0.3, 0.4) is 0 Å². The molecule has 1 atom stereocenters. The Bertz CT molecular complexity index is 1280. The molecule has 3 aromatic rings. The van der Waals surface area contributed by atoms with Gasteiger partial charge >= 0.3 is 0 Å². The van der Waals surface area contributed by atoms with Gasteiger partial charge in [-0.05, 0) is 38.3 Å². The van der Waals surface area contributed by atoms with E-state index >= 15 is 0 Å². The molecule has 1 saturated carbocycles. The maximum atomic E-state index is 14.9. The maximum Gasteiger partial charge on any atom is 0.232 e. The van der Waals surface area contributed by atoms with Gasteiger partial charge in [-0.2, -0.15) is 15.0 Å². The van der Waals surface area contributed by atoms with E-state index in [4.69, 9.17) is 10.5 Å². The number of nitrogens with one attached hydrogen (secondary N) is 1. The van der Waals surface area contributed by atoms with Crippen LogP contribution in [0.1, 0.15) is 31.7 Å². The third kappa shape index (κ3) is 3.36. The number of methoxy groups -OCH3 is 1. The van der Waals surface area contributed by atoms with E-state index in [1.165, 1.54) is 25.6 Å². The number of fused-ring (bicyclic) bond motifs is 1. The molecular formula is C21H24FN7O3S. The number of anilines is 2. The molecule has 1 fully saturated rings. The van der Waals surface area contributed by atoms with Gasteiger partial charge < -0.3 is 15.8 Å². The number of rotatable bonds is 4. The topological polar surface area (TPSA) is 152 Å². The van der Waals surface area contributed by atoms with Crippen LogP contribution in [0, 0.1) is 5.95 Å². The SMILES string of the molecule is COc1cnc2c(Nc3cnc(F)c([C@]4(C)CS(O)(O)C5(CCC5)C(N)=N4)c3)nccc2n1. The van der Waals surface area contributed by atoms with Gasteiger partial charge in [-0.1, -0.05) is 0 Å². The number of hydrogen-bond acceptors (Lipinski definition) is 10. The van der Waals surface area contributed by atoms with Gasteiger partial charge in [0, 0.05) is 11.8 Å². The fraction of sp³-hybridized carbons (Fsp3) is 0.381. The van der Waals surface area contributed by atoms with Crippen molar-refractivity contribution >= 4 is 39.0 Å². The van der Waals surface area contributed by atoms with E-state index < -0.39 is 26.8 Å². The number of ether oxygens (including phenoxy) is 1. The summed E-state index contributed by atoms with van der Waals surface area (Å²) in [6.07, 6.45) is 6.36. The minimum atomic E-state index is -3.13. The van der Waals surface area contributed by atoms with E-state index in [0.29, 0.717) is 41.3 Å². The number of nitrogens with two attached hydrogens (primary N) is 1. The van der Waals surface area contributed by atoms with Crippen molar-refractivity contribution in [1.29, 1.82) is 0 Å². The van der Waals surface area contributed by atoms with Crippen LogP contribution in [0.4, 0.5) is 15.9 Å². The maximum absolute atomic E-state index is 14.9. The Kier molecular flexibility index (Phi) is 4.92. The second kappa shape index (κ2) is 7.47. The molecule has 0 aromatic carbocycles. The van der Waals surface area contributed by atoms with E-state index in [0.717, 1.165) is 6.42 Å². The quantitative estimate of drug-likeness (QED) is 0.417. The number of amidine groups is 1. The Morgan fingerprint density at radius 3 is 2.67 bits per heavy atom. The number of pyridine rings is 2. The molecule has 12 heteroatoms. The monoisotopic (exact) mass is 473 g/mol. The van der Waals surface area contributed by atoms with Crippen LogP contribution in [0.5, 0.6) is 5.88 Å². The predicted octanol–water partition coefficient (Wildman–Crippen LogP) is 3.57. The minimum Gasteiger partial charge on any atom is -0.480 e. The van der Waals surface area contributed by atoms with Crippen LogP contribution in [0.2, 0.25) is 0 Å². The van der Waals surface area contributed by atoms with Gasteiger partial charge in [0.15, 0.2) is 5.82 Å². The Morgan fingerprint density at radius 1 is 1.21 bits per heavy atom. The molecule has 1 aliphatic carbocycles. The van der Waals surface area contributed by atoms with Crippen molar-refractivity contribution in [2.24, 2.45) is 10.7 Å². The van der Waals surface area contributed by atoms with Gasteiger partial charge in [0.25, 0.3) is 0 Å². The van der Waals surface area contributed by atoms with Crippen LogP contribution >= 0.6 is 10.6 Å². The highest BCUT2D eigenvalue weighted by Crippen LogP contribution is 2.66. The number of hydrogen-bond donors (Lipinski definition) is 4. The molecule has 0 unspecified atom stereocenters. The fourth-order valence-electron chi connectivity index (χ4n) is 4.47. The molecule has 1 spiro atoms. The molecule has 0 radical (unpaired) electrons. The molecule has 4 heterocycles. The summed E-state index contributed by atoms with van der Waals surface area (Å²) in [4.78, 5) is 21.4. The number of halogens is 1. The molecular weight excluding hydrogens is 449 g/mol. The van der Waals surface area contributed by atoms with Crippen LogP contribution in [-0.2, 0) is 5.54 Å². The molecule has 2 aliphatic rings. The second-order valence-corrected chi connectivity index (χ2v) is 11.0. The summed E-state index contributed by atoms with van der Waals surface area (Å²) < 4.78 is 41.0. The lowest BCUT2D eigenvalue weighted by molar-refractivity contribution is 0.341. The van der Waals surface area contributed by atoms with Crippen LogP contribution < -0.4 is 15.8 Å². The highest BCUT2D eigenvalue weighted by Gasteiger charge is 2.57. The average Bonchev–Trinajstić information content (AvgIpc) is 2.72. The summed E-state index contributed by atoms with van der Waals surface area (Å²) in [7, 11) is -1.62. The first-order chi connectivity index (χ1) is 15.7. The second-order valence-electron chi connectivity index (χ2n) is 8.56. The van der Waals surface area contributed by atoms with Gasteiger partial charge in [-0.15, -0.1) is 0 Å². The van der Waals surface area contributed by atoms with E-state index in [1.54, 1.807) is 19.2 Å². The first kappa shape index (κ1) is 21.7. The van der Waals surface area contributed by atoms with Crippen molar-refractivity contribution < 1.29 is 18.2 Å². The smallest absolute Gasteiger partial charge is 0.232 e. The summed E-state index contributed by atoms with van der Waals surface area (Å²) in [6.45, 7) is 1.64. The lowest BCUT2D eigenvalue weighted by Gasteiger charge is -2.60. The summed E-state index contributed by atoms with van der Waals surface area (Å²) in [5.74, 6) is 0.0568. The average molecular weight is 474 g/mol. The van der Waals surface area contributed by atoms with E-state index in [1.807, 2.05) is 0 Å². The largest absolute Gasteiger partial charge is 0.480 e. The molecule has 33 heavy (non-hydrogen) atoms. The van der Waals surface area contributed by atoms with Crippen LogP contribution in [0.15, 0.2) is 35.7 Å². The van der Waals surface area contributed by atoms with Crippen molar-refractivity contribution in [3.63, 3.8) is 0 Å². The van der Waals surface area contributed by atoms with Crippen molar-refractivity contribution in [2.45, 2.75) is 36.5 Å². The van der Waals surface area contributed by atoms with Gasteiger partial charge in [-0.3, -0.25) is 14.1 Å². The Hall–Kier alpha value is -3.09. The highest BCUT2D eigenvalue weighted by atomic mass is 32.3. The molecule has 0 saturated heterocycles. The Balaban J connectivity index is 1.53. The summed E-state index contributed by atoms with van der Waals surface area (Å²) >= 11 is 0. The third-order valence-electron chi connectivity index (χ3n) is 6.43. The lowest BCUT2D eigenvalue weighted by atomic mass is 9.82. The molecule has 5 N–H and O–H groups in total. The predicted molar refractivity (Wildman–Crippen MR) is 125 cm³/mol. The van der Waals surface area contributed by atoms with E-state index in [9.17, 15) is 13.5 Å². The molecule has 174 valence electrons. The normalized spacial score (nSPS) is 24.1. The zero-order chi connectivity index (χ0) is 23.4. The third-order valence-corrected chi connectivity index (χ3v) is 9.27. The number of aliphatic imine (C=N–C) groups is 1. The van der Waals surface area contributed by atoms with Crippen LogP contribution in [0.25, 0.3) is 11.0 Å². The molecule has 10 nitrogen and oxygen atoms in total. The molecule has 0 amide bonds. The lowest BCUT2D eigenvalue weighted by Crippen LogP contribution is -2.59. The van der Waals surface area contributed by atoms with Crippen molar-refractivity contribution in [2.75, 3.05) is 18.2 Å². The minimum absolute atomic E-state index is 0.109. The number of nitrogens with zero attached hydrogens (tertiary/aromatic N) is 5. The molecule has 3 aromatic heterocycles. The molecule has 1 aliphatic heterocycles. The Labute approximate surface area is 190 Å². The number of aromatic nitrogens is 4.